The van der Waals surface area contributed by atoms with E-state index in [9.17, 15) is 13.2 Å². The third-order valence-corrected chi connectivity index (χ3v) is 6.78. The molecule has 0 aromatic heterocycles. The van der Waals surface area contributed by atoms with Gasteiger partial charge in [0.1, 0.15) is 11.5 Å². The largest absolute Gasteiger partial charge is 0.497 e. The quantitative estimate of drug-likeness (QED) is 0.503. The monoisotopic (exact) mass is 468 g/mol. The summed E-state index contributed by atoms with van der Waals surface area (Å²) in [5, 5.41) is 2.90. The first kappa shape index (κ1) is 24.1. The van der Waals surface area contributed by atoms with E-state index in [0.29, 0.717) is 22.7 Å². The molecule has 2 N–H and O–H groups in total. The molecule has 33 heavy (non-hydrogen) atoms. The number of hydrogen-bond donors (Lipinski definition) is 2. The summed E-state index contributed by atoms with van der Waals surface area (Å²) < 4.78 is 39.3. The lowest BCUT2D eigenvalue weighted by Crippen LogP contribution is -2.27. The topological polar surface area (TPSA) is 93.7 Å². The lowest BCUT2D eigenvalue weighted by molar-refractivity contribution is 0.0939. The molecule has 0 aliphatic rings. The summed E-state index contributed by atoms with van der Waals surface area (Å²) >= 11 is 0. The second kappa shape index (κ2) is 9.95. The first-order valence-corrected chi connectivity index (χ1v) is 11.9. The molecular weight excluding hydrogens is 440 g/mol. The summed E-state index contributed by atoms with van der Waals surface area (Å²) in [4.78, 5) is 13.0. The molecule has 0 fully saturated rings. The van der Waals surface area contributed by atoms with Crippen molar-refractivity contribution >= 4 is 21.6 Å². The van der Waals surface area contributed by atoms with E-state index in [1.165, 1.54) is 6.07 Å². The summed E-state index contributed by atoms with van der Waals surface area (Å²) in [6, 6.07) is 16.6. The summed E-state index contributed by atoms with van der Waals surface area (Å²) in [7, 11) is -0.766. The van der Waals surface area contributed by atoms with Crippen LogP contribution in [0.1, 0.15) is 40.0 Å². The number of benzene rings is 3. The Balaban J connectivity index is 1.86. The molecule has 3 aromatic carbocycles. The van der Waals surface area contributed by atoms with Gasteiger partial charge in [-0.1, -0.05) is 18.2 Å². The average molecular weight is 469 g/mol. The molecule has 1 amide bonds. The van der Waals surface area contributed by atoms with E-state index in [1.54, 1.807) is 69.7 Å². The molecule has 0 radical (unpaired) electrons. The first-order chi connectivity index (χ1) is 15.6. The van der Waals surface area contributed by atoms with Crippen molar-refractivity contribution in [1.82, 2.24) is 5.32 Å². The van der Waals surface area contributed by atoms with Gasteiger partial charge in [0.05, 0.1) is 25.2 Å². The minimum absolute atomic E-state index is 0.0447. The van der Waals surface area contributed by atoms with Crippen LogP contribution in [0.3, 0.4) is 0 Å². The minimum Gasteiger partial charge on any atom is -0.497 e. The van der Waals surface area contributed by atoms with Gasteiger partial charge in [-0.05, 0) is 74.4 Å². The van der Waals surface area contributed by atoms with Crippen LogP contribution in [0.2, 0.25) is 0 Å². The van der Waals surface area contributed by atoms with Crippen LogP contribution in [0.4, 0.5) is 5.69 Å². The number of ether oxygens (including phenoxy) is 2. The number of sulfonamides is 1. The Kier molecular flexibility index (Phi) is 7.28. The Bertz CT molecular complexity index is 1270. The number of aryl methyl sites for hydroxylation is 2. The zero-order chi connectivity index (χ0) is 24.2. The Hall–Kier alpha value is -3.52. The van der Waals surface area contributed by atoms with Gasteiger partial charge in [-0.15, -0.1) is 0 Å². The molecule has 174 valence electrons. The van der Waals surface area contributed by atoms with Crippen molar-refractivity contribution in [3.63, 3.8) is 0 Å². The number of rotatable bonds is 8. The van der Waals surface area contributed by atoms with E-state index in [1.807, 2.05) is 19.9 Å². The highest BCUT2D eigenvalue weighted by molar-refractivity contribution is 7.92. The fourth-order valence-corrected chi connectivity index (χ4v) is 4.81. The second-order valence-corrected chi connectivity index (χ2v) is 9.41. The number of amides is 1. The van der Waals surface area contributed by atoms with Crippen molar-refractivity contribution in [2.24, 2.45) is 0 Å². The van der Waals surface area contributed by atoms with Gasteiger partial charge in [0.15, 0.2) is 0 Å². The highest BCUT2D eigenvalue weighted by Crippen LogP contribution is 2.29. The van der Waals surface area contributed by atoms with Crippen molar-refractivity contribution < 1.29 is 22.7 Å². The predicted octanol–water partition coefficient (Wildman–Crippen LogP) is 4.61. The first-order valence-electron chi connectivity index (χ1n) is 10.4. The van der Waals surface area contributed by atoms with Crippen LogP contribution < -0.4 is 19.5 Å². The third kappa shape index (κ3) is 5.64. The van der Waals surface area contributed by atoms with Gasteiger partial charge in [0.25, 0.3) is 15.9 Å². The number of hydrogen-bond acceptors (Lipinski definition) is 5. The Morgan fingerprint density at radius 1 is 0.939 bits per heavy atom. The highest BCUT2D eigenvalue weighted by Gasteiger charge is 2.21. The maximum atomic E-state index is 13.0. The van der Waals surface area contributed by atoms with Crippen LogP contribution in [0, 0.1) is 13.8 Å². The molecule has 3 aromatic rings. The number of methoxy groups -OCH3 is 2. The van der Waals surface area contributed by atoms with Crippen LogP contribution in [-0.2, 0) is 10.0 Å². The normalized spacial score (nSPS) is 12.0. The van der Waals surface area contributed by atoms with Crippen molar-refractivity contribution in [3.05, 3.63) is 82.9 Å². The van der Waals surface area contributed by atoms with Crippen molar-refractivity contribution in [2.75, 3.05) is 18.9 Å². The maximum absolute atomic E-state index is 13.0. The molecule has 3 rings (SSSR count). The van der Waals surface area contributed by atoms with Gasteiger partial charge < -0.3 is 14.8 Å². The summed E-state index contributed by atoms with van der Waals surface area (Å²) in [5.41, 5.74) is 2.91. The van der Waals surface area contributed by atoms with Crippen LogP contribution in [0.15, 0.2) is 65.6 Å². The average Bonchev–Trinajstić information content (AvgIpc) is 2.78. The van der Waals surface area contributed by atoms with Gasteiger partial charge in [0, 0.05) is 16.8 Å². The number of carbonyl (C=O) groups is 1. The van der Waals surface area contributed by atoms with Crippen molar-refractivity contribution in [1.29, 1.82) is 0 Å². The number of carbonyl (C=O) groups excluding carboxylic acids is 1. The molecule has 0 spiro atoms. The van der Waals surface area contributed by atoms with Crippen LogP contribution in [0.5, 0.6) is 11.5 Å². The second-order valence-electron chi connectivity index (χ2n) is 7.76. The fourth-order valence-electron chi connectivity index (χ4n) is 3.49. The zero-order valence-corrected chi connectivity index (χ0v) is 20.1. The predicted molar refractivity (Wildman–Crippen MR) is 129 cm³/mol. The smallest absolute Gasteiger partial charge is 0.262 e. The molecule has 0 heterocycles. The fraction of sp³-hybridized carbons (Fsp3) is 0.240. The number of nitrogens with one attached hydrogen (secondary N) is 2. The molecule has 1 unspecified atom stereocenters. The summed E-state index contributed by atoms with van der Waals surface area (Å²) in [6.07, 6.45) is 0. The molecule has 7 nitrogen and oxygen atoms in total. The standard InChI is InChI=1S/C25H28N2O5S/c1-16-7-6-8-20(13-16)27-33(29,30)24-14-19(10-9-17(24)2)25(28)26-18(3)22-15-21(31-4)11-12-23(22)32-5/h6-15,18,27H,1-5H3,(H,26,28). The van der Waals surface area contributed by atoms with Crippen LogP contribution in [0.25, 0.3) is 0 Å². The van der Waals surface area contributed by atoms with Crippen LogP contribution >= 0.6 is 0 Å². The van der Waals surface area contributed by atoms with E-state index < -0.39 is 22.0 Å². The number of anilines is 1. The van der Waals surface area contributed by atoms with Crippen molar-refractivity contribution in [2.45, 2.75) is 31.7 Å². The van der Waals surface area contributed by atoms with Gasteiger partial charge >= 0.3 is 0 Å². The minimum atomic E-state index is -3.88. The third-order valence-electron chi connectivity index (χ3n) is 5.26. The highest BCUT2D eigenvalue weighted by atomic mass is 32.2. The Morgan fingerprint density at radius 2 is 1.70 bits per heavy atom. The van der Waals surface area contributed by atoms with E-state index in [2.05, 4.69) is 10.0 Å². The Morgan fingerprint density at radius 3 is 2.36 bits per heavy atom. The Labute approximate surface area is 194 Å². The van der Waals surface area contributed by atoms with E-state index in [0.717, 1.165) is 11.1 Å². The lowest BCUT2D eigenvalue weighted by atomic mass is 10.1. The van der Waals surface area contributed by atoms with Gasteiger partial charge in [-0.2, -0.15) is 0 Å². The van der Waals surface area contributed by atoms with E-state index >= 15 is 0 Å². The summed E-state index contributed by atoms with van der Waals surface area (Å²) in [6.45, 7) is 5.39. The maximum Gasteiger partial charge on any atom is 0.262 e. The molecule has 0 saturated carbocycles. The van der Waals surface area contributed by atoms with Crippen molar-refractivity contribution in [3.8, 4) is 11.5 Å². The SMILES string of the molecule is COc1ccc(OC)c(C(C)NC(=O)c2ccc(C)c(S(=O)(=O)Nc3cccc(C)c3)c2)c1. The molecule has 0 bridgehead atoms. The molecule has 0 aliphatic carbocycles. The molecule has 0 saturated heterocycles. The van der Waals surface area contributed by atoms with Gasteiger partial charge in [-0.25, -0.2) is 8.42 Å². The lowest BCUT2D eigenvalue weighted by Gasteiger charge is -2.19. The van der Waals surface area contributed by atoms with Gasteiger partial charge in [0.2, 0.25) is 0 Å². The zero-order valence-electron chi connectivity index (χ0n) is 19.3. The molecule has 1 atom stereocenters. The molecule has 0 aliphatic heterocycles. The van der Waals surface area contributed by atoms with E-state index in [-0.39, 0.29) is 10.5 Å². The van der Waals surface area contributed by atoms with Gasteiger partial charge in [-0.3, -0.25) is 9.52 Å². The molecular formula is C25H28N2O5S. The molecule has 8 heteroatoms. The van der Waals surface area contributed by atoms with Crippen LogP contribution in [-0.4, -0.2) is 28.5 Å². The summed E-state index contributed by atoms with van der Waals surface area (Å²) in [5.74, 6) is 0.843. The van der Waals surface area contributed by atoms with E-state index in [4.69, 9.17) is 9.47 Å².